The summed E-state index contributed by atoms with van der Waals surface area (Å²) in [5.74, 6) is 2.88. The van der Waals surface area contributed by atoms with E-state index < -0.39 is 0 Å². The predicted molar refractivity (Wildman–Crippen MR) is 415 cm³/mol. The molecule has 10 aliphatic heterocycles. The molecular weight excluding hydrogens is 1910 g/mol. The molecule has 2 N–H and O–H groups in total. The summed E-state index contributed by atoms with van der Waals surface area (Å²) in [7, 11) is 11.0. The predicted octanol–water partition coefficient (Wildman–Crippen LogP) is 12.2. The smallest absolute Gasteiger partial charge is 1.00 e. The number of benzene rings is 5. The van der Waals surface area contributed by atoms with Crippen molar-refractivity contribution in [3.05, 3.63) is 161 Å². The van der Waals surface area contributed by atoms with Gasteiger partial charge >= 0.3 is 138 Å². The van der Waals surface area contributed by atoms with Gasteiger partial charge in [-0.1, -0.05) is 202 Å². The van der Waals surface area contributed by atoms with Crippen molar-refractivity contribution in [3.8, 4) is 17.2 Å². The summed E-state index contributed by atoms with van der Waals surface area (Å²) in [6.07, 6.45) is 19.3. The van der Waals surface area contributed by atoms with Gasteiger partial charge in [-0.15, -0.1) is 0 Å². The van der Waals surface area contributed by atoms with Gasteiger partial charge in [0.25, 0.3) is 6.47 Å². The Bertz CT molecular complexity index is 2310. The van der Waals surface area contributed by atoms with E-state index in [0.29, 0.717) is 42.5 Å². The molecule has 10 saturated heterocycles. The topological polar surface area (TPSA) is 134 Å². The first kappa shape index (κ1) is 114. The summed E-state index contributed by atoms with van der Waals surface area (Å²) in [4.78, 5) is 23.5. The van der Waals surface area contributed by atoms with Crippen LogP contribution in [0.1, 0.15) is 209 Å². The zero-order valence-corrected chi connectivity index (χ0v) is 86.4. The van der Waals surface area contributed by atoms with E-state index in [2.05, 4.69) is 99.3 Å². The third-order valence-electron chi connectivity index (χ3n) is 18.5. The van der Waals surface area contributed by atoms with Crippen LogP contribution in [0.5, 0.6) is 17.2 Å². The van der Waals surface area contributed by atoms with Crippen LogP contribution < -0.4 is 157 Å². The van der Waals surface area contributed by atoms with Gasteiger partial charge < -0.3 is 60.5 Å². The number of hydrogen-bond donors (Lipinski definition) is 2. The molecule has 5 saturated carbocycles. The van der Waals surface area contributed by atoms with Gasteiger partial charge in [-0.2, -0.15) is 0 Å². The van der Waals surface area contributed by atoms with E-state index in [9.17, 15) is 14.6 Å². The van der Waals surface area contributed by atoms with E-state index in [-0.39, 0.29) is 225 Å². The van der Waals surface area contributed by atoms with Crippen LogP contribution in [-0.4, -0.2) is 167 Å². The zero-order valence-electron chi connectivity index (χ0n) is 68.1. The fraction of sp³-hybridized carbons (Fsp3) is 0.622. The first-order valence-corrected chi connectivity index (χ1v) is 38.5. The summed E-state index contributed by atoms with van der Waals surface area (Å²) in [6.45, 7) is 31.8. The molecule has 13 nitrogen and oxygen atoms in total. The van der Waals surface area contributed by atoms with Crippen molar-refractivity contribution >= 4 is 29.1 Å². The minimum atomic E-state index is -0.181. The van der Waals surface area contributed by atoms with Gasteiger partial charge in [-0.05, 0) is 215 Å². The van der Waals surface area contributed by atoms with Crippen molar-refractivity contribution in [1.82, 2.24) is 24.5 Å². The summed E-state index contributed by atoms with van der Waals surface area (Å²) in [6, 6.07) is 56.2. The molecule has 10 heterocycles. The van der Waals surface area contributed by atoms with Gasteiger partial charge in [0.1, 0.15) is 41.4 Å². The summed E-state index contributed by atoms with van der Waals surface area (Å²) in [5, 5.41) is 26.8. The Hall–Kier alpha value is 1.40. The molecule has 10 unspecified atom stereocenters. The zero-order chi connectivity index (χ0) is 73.3. The molecule has 0 aromatic heterocycles. The van der Waals surface area contributed by atoms with Crippen LogP contribution in [-0.2, 0) is 71.0 Å². The Balaban J connectivity index is -0.000000201. The Morgan fingerprint density at radius 1 is 0.353 bits per heavy atom. The fourth-order valence-corrected chi connectivity index (χ4v) is 13.8. The molecule has 5 aliphatic carbocycles. The van der Waals surface area contributed by atoms with Crippen molar-refractivity contribution in [3.63, 3.8) is 0 Å². The quantitative estimate of drug-likeness (QED) is 0.0527. The molecule has 10 atom stereocenters. The van der Waals surface area contributed by atoms with E-state index in [0.717, 1.165) is 79.2 Å². The van der Waals surface area contributed by atoms with E-state index in [1.165, 1.54) is 86.3 Å². The molecule has 0 radical (unpaired) electrons. The van der Waals surface area contributed by atoms with Crippen LogP contribution in [0.2, 0.25) is 0 Å². The first-order chi connectivity index (χ1) is 47.2. The Morgan fingerprint density at radius 3 is 0.647 bits per heavy atom. The number of carbonyl (C=O) groups is 1. The molecule has 5 aromatic rings. The third kappa shape index (κ3) is 42.9. The Morgan fingerprint density at radius 2 is 0.520 bits per heavy atom. The molecule has 0 spiro atoms. The SMILES string of the molecule is CC.CC.CC.CC.CC.CC.CC.CC.CN1C2CC(O)CC1C2.CN1C2CC(O)CC1C2.CN1C2CC(Oc3ccccc3)CC1C2.CN1C2CC(Oc3ccccc3)CC1C2.CN1C2CC(Oc3ccccc3)CC1C2.Fc1ccccc1.Ic1ccccc1.O=CO[O-].[Cs+].[Cs+].[H-].[Pd].[Pd].[Pd]. The molecule has 584 valence electrons. The number of aliphatic hydroxyl groups is 2. The molecule has 10 bridgehead atoms. The maximum Gasteiger partial charge on any atom is 1.00 e. The monoisotopic (exact) mass is 2050 g/mol. The minimum Gasteiger partial charge on any atom is -1.00 e. The number of aliphatic hydroxyl groups excluding tert-OH is 2. The maximum atomic E-state index is 11.9. The second kappa shape index (κ2) is 71.4. The molecule has 5 aromatic carbocycles. The van der Waals surface area contributed by atoms with Gasteiger partial charge in [-0.25, -0.2) is 4.39 Å². The van der Waals surface area contributed by atoms with E-state index in [1.54, 1.807) is 18.2 Å². The van der Waals surface area contributed by atoms with Crippen molar-refractivity contribution in [2.24, 2.45) is 0 Å². The molecule has 20 heteroatoms. The van der Waals surface area contributed by atoms with Crippen LogP contribution in [0.25, 0.3) is 0 Å². The number of ether oxygens (including phenoxy) is 3. The van der Waals surface area contributed by atoms with Crippen LogP contribution in [0, 0.1) is 9.39 Å². The van der Waals surface area contributed by atoms with Gasteiger partial charge in [0.2, 0.25) is 0 Å². The van der Waals surface area contributed by atoms with Crippen molar-refractivity contribution in [2.45, 2.75) is 298 Å². The van der Waals surface area contributed by atoms with Crippen molar-refractivity contribution in [2.75, 3.05) is 35.2 Å². The van der Waals surface area contributed by atoms with Crippen molar-refractivity contribution < 1.29 is 244 Å². The molecule has 0 amide bonds. The maximum absolute atomic E-state index is 11.9. The first-order valence-electron chi connectivity index (χ1n) is 37.5. The second-order valence-electron chi connectivity index (χ2n) is 23.7. The molecule has 102 heavy (non-hydrogen) atoms. The Labute approximate surface area is 796 Å². The van der Waals surface area contributed by atoms with Gasteiger partial charge in [0.15, 0.2) is 0 Å². The molecule has 15 fully saturated rings. The number of fused-ring (bicyclic) bond motifs is 10. The van der Waals surface area contributed by atoms with E-state index >= 15 is 0 Å². The van der Waals surface area contributed by atoms with E-state index in [1.807, 2.05) is 220 Å². The second-order valence-corrected chi connectivity index (χ2v) is 24.9. The normalized spacial score (nSPS) is 26.1. The number of nitrogens with zero attached hydrogens (tertiary/aromatic N) is 5. The number of halogens is 2. The molecule has 20 rings (SSSR count). The third-order valence-corrected chi connectivity index (χ3v) is 19.2. The number of rotatable bonds is 7. The average molecular weight is 2050 g/mol. The van der Waals surface area contributed by atoms with Crippen LogP contribution in [0.4, 0.5) is 4.39 Å². The number of para-hydroxylation sites is 3. The number of hydrogen-bond acceptors (Lipinski definition) is 13. The molecular formula is C82H137Cs2FIN5O8Pd3. The minimum absolute atomic E-state index is 0. The standard InChI is InChI=1S/3C13H17NO.2C7H13NO.C6H5F.C6H5I.8C2H6.CH2O3.2Cs.3Pd.H/c3*1-14-10-7-11(14)9-13(8-10)15-12-5-3-2-4-6-12;2*1-8-5-2-6(8)4-7(9)3-5;2*7-6-4-2-1-3-5-6;8*1-2;2-1-4-3;;;;;;/h3*2-6,10-11,13H,7-9H2,1H3;2*5-7,9H,2-4H2,1H3;2*1-5H;8*1-2H3;1,3H;;;;;;/q;;;;;;;;;;;;;;;;2*+1;;;;-1/p-1. The number of piperidine rings is 5. The van der Waals surface area contributed by atoms with Crippen LogP contribution >= 0.6 is 22.6 Å². The van der Waals surface area contributed by atoms with Crippen LogP contribution in [0.3, 0.4) is 0 Å². The number of carbonyl (C=O) groups excluding carboxylic acids is 1. The fourth-order valence-electron chi connectivity index (χ4n) is 13.4. The van der Waals surface area contributed by atoms with Gasteiger partial charge in [-0.3, -0.25) is 4.79 Å². The summed E-state index contributed by atoms with van der Waals surface area (Å²) in [5.41, 5.74) is 0. The van der Waals surface area contributed by atoms with E-state index in [4.69, 9.17) is 24.3 Å². The van der Waals surface area contributed by atoms with Crippen LogP contribution in [0.15, 0.2) is 152 Å². The average Bonchev–Trinajstić information content (AvgIpc) is 0.817. The summed E-state index contributed by atoms with van der Waals surface area (Å²) < 4.78 is 31.1. The van der Waals surface area contributed by atoms with Crippen molar-refractivity contribution in [1.29, 1.82) is 0 Å². The summed E-state index contributed by atoms with van der Waals surface area (Å²) >= 11 is 2.28. The van der Waals surface area contributed by atoms with Gasteiger partial charge in [0, 0.05) is 125 Å². The largest absolute Gasteiger partial charge is 1.00 e. The van der Waals surface area contributed by atoms with Gasteiger partial charge in [0.05, 0.1) is 12.2 Å². The Kier molecular flexibility index (Phi) is 80.0. The molecule has 15 aliphatic rings.